The number of H-pyrrole nitrogens is 2. The van der Waals surface area contributed by atoms with E-state index in [-0.39, 0.29) is 18.2 Å². The molecule has 1 amide bonds. The predicted molar refractivity (Wildman–Crippen MR) is 89.0 cm³/mol. The standard InChI is InChI=1S/C17H17N3O3/c1-10-4-3-5-15(11(10)2)23-9-16(21)18-12-6-7-13-14(8-12)20-17(22)19-13/h3-8H,9H2,1-2H3,(H,18,21)(H2,19,20,22). The van der Waals surface area contributed by atoms with Gasteiger partial charge in [-0.25, -0.2) is 4.79 Å². The number of carbonyl (C=O) groups is 1. The highest BCUT2D eigenvalue weighted by Gasteiger charge is 2.07. The van der Waals surface area contributed by atoms with Crippen LogP contribution in [0, 0.1) is 13.8 Å². The Hall–Kier alpha value is -3.02. The van der Waals surface area contributed by atoms with E-state index in [0.717, 1.165) is 11.1 Å². The van der Waals surface area contributed by atoms with E-state index in [9.17, 15) is 9.59 Å². The van der Waals surface area contributed by atoms with Crippen LogP contribution in [0.2, 0.25) is 0 Å². The van der Waals surface area contributed by atoms with Gasteiger partial charge in [0, 0.05) is 5.69 Å². The molecule has 1 heterocycles. The molecule has 0 saturated carbocycles. The van der Waals surface area contributed by atoms with Gasteiger partial charge in [-0.1, -0.05) is 12.1 Å². The topological polar surface area (TPSA) is 87.0 Å². The van der Waals surface area contributed by atoms with E-state index in [4.69, 9.17) is 4.74 Å². The number of aromatic nitrogens is 2. The number of benzene rings is 2. The van der Waals surface area contributed by atoms with E-state index < -0.39 is 0 Å². The Morgan fingerprint density at radius 3 is 2.74 bits per heavy atom. The molecule has 0 radical (unpaired) electrons. The number of hydrogen-bond acceptors (Lipinski definition) is 3. The summed E-state index contributed by atoms with van der Waals surface area (Å²) in [6, 6.07) is 10.9. The normalized spacial score (nSPS) is 10.7. The molecule has 3 aromatic rings. The fourth-order valence-electron chi connectivity index (χ4n) is 2.33. The van der Waals surface area contributed by atoms with Gasteiger partial charge >= 0.3 is 5.69 Å². The molecule has 0 aliphatic rings. The van der Waals surface area contributed by atoms with Gasteiger partial charge in [-0.05, 0) is 49.2 Å². The highest BCUT2D eigenvalue weighted by Crippen LogP contribution is 2.20. The van der Waals surface area contributed by atoms with Crippen molar-refractivity contribution in [3.8, 4) is 5.75 Å². The van der Waals surface area contributed by atoms with E-state index in [0.29, 0.717) is 22.5 Å². The fourth-order valence-corrected chi connectivity index (χ4v) is 2.33. The third kappa shape index (κ3) is 3.26. The van der Waals surface area contributed by atoms with Crippen molar-refractivity contribution in [2.45, 2.75) is 13.8 Å². The molecule has 1 aromatic heterocycles. The number of imidazole rings is 1. The SMILES string of the molecule is Cc1cccc(OCC(=O)Nc2ccc3[nH]c(=O)[nH]c3c2)c1C. The van der Waals surface area contributed by atoms with Gasteiger partial charge in [0.2, 0.25) is 0 Å². The van der Waals surface area contributed by atoms with Crippen molar-refractivity contribution in [2.24, 2.45) is 0 Å². The quantitative estimate of drug-likeness (QED) is 0.692. The second-order valence-corrected chi connectivity index (χ2v) is 5.37. The Labute approximate surface area is 132 Å². The number of anilines is 1. The van der Waals surface area contributed by atoms with Crippen LogP contribution in [-0.4, -0.2) is 22.5 Å². The summed E-state index contributed by atoms with van der Waals surface area (Å²) < 4.78 is 5.57. The van der Waals surface area contributed by atoms with Gasteiger partial charge in [-0.2, -0.15) is 0 Å². The molecule has 0 atom stereocenters. The molecule has 6 heteroatoms. The van der Waals surface area contributed by atoms with Gasteiger partial charge in [0.05, 0.1) is 11.0 Å². The molecule has 0 unspecified atom stereocenters. The predicted octanol–water partition coefficient (Wildman–Crippen LogP) is 2.49. The van der Waals surface area contributed by atoms with Crippen LogP contribution in [0.15, 0.2) is 41.2 Å². The molecule has 2 aromatic carbocycles. The van der Waals surface area contributed by atoms with Gasteiger partial charge in [0.15, 0.2) is 6.61 Å². The van der Waals surface area contributed by atoms with Crippen LogP contribution in [0.1, 0.15) is 11.1 Å². The van der Waals surface area contributed by atoms with Gasteiger partial charge in [-0.15, -0.1) is 0 Å². The van der Waals surface area contributed by atoms with Crippen LogP contribution in [0.5, 0.6) is 5.75 Å². The smallest absolute Gasteiger partial charge is 0.323 e. The number of nitrogens with one attached hydrogen (secondary N) is 3. The second-order valence-electron chi connectivity index (χ2n) is 5.37. The van der Waals surface area contributed by atoms with Gasteiger partial charge in [-0.3, -0.25) is 4.79 Å². The first-order valence-corrected chi connectivity index (χ1v) is 7.24. The molecular formula is C17H17N3O3. The van der Waals surface area contributed by atoms with Crippen molar-refractivity contribution >= 4 is 22.6 Å². The molecule has 0 bridgehead atoms. The van der Waals surface area contributed by atoms with Gasteiger partial charge in [0.1, 0.15) is 5.75 Å². The number of ether oxygens (including phenoxy) is 1. The third-order valence-electron chi connectivity index (χ3n) is 3.71. The average molecular weight is 311 g/mol. The molecule has 6 nitrogen and oxygen atoms in total. The van der Waals surface area contributed by atoms with Crippen molar-refractivity contribution in [3.63, 3.8) is 0 Å². The highest BCUT2D eigenvalue weighted by molar-refractivity contribution is 5.93. The zero-order valence-corrected chi connectivity index (χ0v) is 12.9. The average Bonchev–Trinajstić information content (AvgIpc) is 2.88. The molecule has 0 saturated heterocycles. The summed E-state index contributed by atoms with van der Waals surface area (Å²) in [7, 11) is 0. The zero-order chi connectivity index (χ0) is 16.4. The summed E-state index contributed by atoms with van der Waals surface area (Å²) in [6.45, 7) is 3.87. The Bertz CT molecular complexity index is 924. The molecule has 0 aliphatic carbocycles. The molecule has 23 heavy (non-hydrogen) atoms. The van der Waals surface area contributed by atoms with Crippen molar-refractivity contribution in [2.75, 3.05) is 11.9 Å². The third-order valence-corrected chi connectivity index (χ3v) is 3.71. The molecule has 0 aliphatic heterocycles. The Kier molecular flexibility index (Phi) is 3.89. The maximum absolute atomic E-state index is 12.0. The van der Waals surface area contributed by atoms with Crippen LogP contribution in [-0.2, 0) is 4.79 Å². The van der Waals surface area contributed by atoms with Gasteiger partial charge in [0.25, 0.3) is 5.91 Å². The lowest BCUT2D eigenvalue weighted by molar-refractivity contribution is -0.118. The summed E-state index contributed by atoms with van der Waals surface area (Å²) in [5.74, 6) is 0.439. The van der Waals surface area contributed by atoms with Crippen LogP contribution < -0.4 is 15.7 Å². The van der Waals surface area contributed by atoms with Crippen LogP contribution in [0.4, 0.5) is 5.69 Å². The summed E-state index contributed by atoms with van der Waals surface area (Å²) in [5, 5.41) is 2.75. The maximum atomic E-state index is 12.0. The van der Waals surface area contributed by atoms with Gasteiger partial charge < -0.3 is 20.0 Å². The van der Waals surface area contributed by atoms with Crippen molar-refractivity contribution in [1.29, 1.82) is 0 Å². The highest BCUT2D eigenvalue weighted by atomic mass is 16.5. The maximum Gasteiger partial charge on any atom is 0.323 e. The van der Waals surface area contributed by atoms with Crippen molar-refractivity contribution in [1.82, 2.24) is 9.97 Å². The lowest BCUT2D eigenvalue weighted by atomic mass is 10.1. The summed E-state index contributed by atoms with van der Waals surface area (Å²) >= 11 is 0. The molecule has 0 fully saturated rings. The Morgan fingerprint density at radius 1 is 1.13 bits per heavy atom. The van der Waals surface area contributed by atoms with Crippen molar-refractivity contribution < 1.29 is 9.53 Å². The Morgan fingerprint density at radius 2 is 1.91 bits per heavy atom. The second kappa shape index (κ2) is 6.00. The lowest BCUT2D eigenvalue weighted by Crippen LogP contribution is -2.20. The van der Waals surface area contributed by atoms with E-state index in [1.807, 2.05) is 32.0 Å². The zero-order valence-electron chi connectivity index (χ0n) is 12.9. The first-order chi connectivity index (χ1) is 11.0. The molecule has 0 spiro atoms. The number of aryl methyl sites for hydroxylation is 1. The summed E-state index contributed by atoms with van der Waals surface area (Å²) in [4.78, 5) is 28.5. The van der Waals surface area contributed by atoms with E-state index in [1.165, 1.54) is 0 Å². The number of amides is 1. The van der Waals surface area contributed by atoms with Crippen molar-refractivity contribution in [3.05, 3.63) is 58.0 Å². The number of carbonyl (C=O) groups excluding carboxylic acids is 1. The molecule has 118 valence electrons. The number of rotatable bonds is 4. The number of aromatic amines is 2. The minimum atomic E-state index is -0.276. The van der Waals surface area contributed by atoms with Crippen LogP contribution in [0.25, 0.3) is 11.0 Å². The largest absolute Gasteiger partial charge is 0.483 e. The van der Waals surface area contributed by atoms with Crippen LogP contribution >= 0.6 is 0 Å². The molecule has 3 N–H and O–H groups in total. The number of hydrogen-bond donors (Lipinski definition) is 3. The van der Waals surface area contributed by atoms with Crippen LogP contribution in [0.3, 0.4) is 0 Å². The van der Waals surface area contributed by atoms with E-state index in [1.54, 1.807) is 18.2 Å². The summed E-state index contributed by atoms with van der Waals surface area (Å²) in [6.07, 6.45) is 0. The monoisotopic (exact) mass is 311 g/mol. The molecular weight excluding hydrogens is 294 g/mol. The molecule has 3 rings (SSSR count). The minimum absolute atomic E-state index is 0.0774. The van der Waals surface area contributed by atoms with E-state index in [2.05, 4.69) is 15.3 Å². The number of fused-ring (bicyclic) bond motifs is 1. The summed E-state index contributed by atoms with van der Waals surface area (Å²) in [5.41, 5.74) is 3.79. The lowest BCUT2D eigenvalue weighted by Gasteiger charge is -2.11. The first-order valence-electron chi connectivity index (χ1n) is 7.24. The fraction of sp³-hybridized carbons (Fsp3) is 0.176. The van der Waals surface area contributed by atoms with E-state index >= 15 is 0 Å². The minimum Gasteiger partial charge on any atom is -0.483 e. The Balaban J connectivity index is 1.66. The first kappa shape index (κ1) is 14.9.